The summed E-state index contributed by atoms with van der Waals surface area (Å²) in [6.45, 7) is 4.39. The second-order valence-corrected chi connectivity index (χ2v) is 14.5. The van der Waals surface area contributed by atoms with Crippen molar-refractivity contribution in [3.8, 4) is 0 Å². The van der Waals surface area contributed by atoms with Gasteiger partial charge in [-0.2, -0.15) is 0 Å². The van der Waals surface area contributed by atoms with Gasteiger partial charge in [-0.25, -0.2) is 4.79 Å². The lowest BCUT2D eigenvalue weighted by Crippen LogP contribution is -2.50. The van der Waals surface area contributed by atoms with Crippen molar-refractivity contribution in [1.82, 2.24) is 0 Å². The van der Waals surface area contributed by atoms with E-state index in [9.17, 15) is 19.5 Å². The van der Waals surface area contributed by atoms with Gasteiger partial charge < -0.3 is 23.8 Å². The fourth-order valence-electron chi connectivity index (χ4n) is 5.41. The zero-order chi connectivity index (χ0) is 40.0. The van der Waals surface area contributed by atoms with Crippen molar-refractivity contribution in [2.75, 3.05) is 41.0 Å². The minimum Gasteiger partial charge on any atom is -0.477 e. The average Bonchev–Trinajstić information content (AvgIpc) is 3.12. The molecule has 0 aromatic heterocycles. The van der Waals surface area contributed by atoms with E-state index in [1.54, 1.807) is 0 Å². The first kappa shape index (κ1) is 50.5. The number of ether oxygens (including phenoxy) is 3. The van der Waals surface area contributed by atoms with Crippen molar-refractivity contribution in [3.05, 3.63) is 85.1 Å². The van der Waals surface area contributed by atoms with Crippen LogP contribution in [0.25, 0.3) is 0 Å². The normalized spacial score (nSPS) is 13.9. The first-order chi connectivity index (χ1) is 26.1. The number of hydrogen-bond acceptors (Lipinski definition) is 6. The molecule has 2 unspecified atom stereocenters. The van der Waals surface area contributed by atoms with Gasteiger partial charge >= 0.3 is 17.9 Å². The van der Waals surface area contributed by atoms with Gasteiger partial charge in [-0.3, -0.25) is 9.59 Å². The number of carboxylic acids is 1. The number of likely N-dealkylation sites (N-methyl/N-ethyl adjacent to an activating group) is 1. The summed E-state index contributed by atoms with van der Waals surface area (Å²) in [4.78, 5) is 36.9. The number of aliphatic carboxylic acids is 1. The molecule has 0 aromatic carbocycles. The molecule has 1 N–H and O–H groups in total. The fourth-order valence-corrected chi connectivity index (χ4v) is 5.41. The first-order valence-corrected chi connectivity index (χ1v) is 20.6. The molecule has 0 aliphatic carbocycles. The van der Waals surface area contributed by atoms with Crippen molar-refractivity contribution < 1.29 is 38.2 Å². The Labute approximate surface area is 329 Å². The van der Waals surface area contributed by atoms with Crippen LogP contribution >= 0.6 is 0 Å². The van der Waals surface area contributed by atoms with E-state index >= 15 is 0 Å². The van der Waals surface area contributed by atoms with Crippen LogP contribution in [0, 0.1) is 0 Å². The number of allylic oxidation sites excluding steroid dienone is 14. The predicted octanol–water partition coefficient (Wildman–Crippen LogP) is 11.0. The minimum absolute atomic E-state index is 0.0241. The van der Waals surface area contributed by atoms with Crippen LogP contribution in [-0.2, 0) is 28.6 Å². The Morgan fingerprint density at radius 3 is 1.52 bits per heavy atom. The van der Waals surface area contributed by atoms with Gasteiger partial charge in [-0.05, 0) is 70.6 Å². The lowest BCUT2D eigenvalue weighted by molar-refractivity contribution is -0.887. The maximum absolute atomic E-state index is 12.6. The van der Waals surface area contributed by atoms with Gasteiger partial charge in [-0.1, -0.05) is 131 Å². The van der Waals surface area contributed by atoms with Crippen LogP contribution < -0.4 is 0 Å². The quantitative estimate of drug-likeness (QED) is 0.0298. The number of hydrogen-bond donors (Lipinski definition) is 1. The van der Waals surface area contributed by atoms with Gasteiger partial charge in [0.15, 0.2) is 12.1 Å². The molecule has 0 aliphatic heterocycles. The molecule has 0 aromatic rings. The zero-order valence-corrected chi connectivity index (χ0v) is 34.6. The largest absolute Gasteiger partial charge is 0.477 e. The van der Waals surface area contributed by atoms with Gasteiger partial charge in [0.25, 0.3) is 0 Å². The molecule has 0 amide bonds. The van der Waals surface area contributed by atoms with E-state index in [2.05, 4.69) is 86.8 Å². The van der Waals surface area contributed by atoms with Gasteiger partial charge in [0.2, 0.25) is 0 Å². The second kappa shape index (κ2) is 36.5. The molecule has 0 heterocycles. The SMILES string of the molecule is CC/C=C\C/C=C\C/C=C\C/C=C\CCC(=O)OC(COCCC(C(=O)O)[N+](C)(C)C)COC(=O)CCCCCCCCC/C=C\C/C=C\C/C=C\CC. The number of carbonyl (C=O) groups excluding carboxylic acids is 2. The lowest BCUT2D eigenvalue weighted by atomic mass is 10.1. The van der Waals surface area contributed by atoms with Crippen LogP contribution in [-0.4, -0.2) is 80.6 Å². The van der Waals surface area contributed by atoms with Gasteiger partial charge in [-0.15, -0.1) is 0 Å². The molecule has 54 heavy (non-hydrogen) atoms. The third-order valence-corrected chi connectivity index (χ3v) is 8.55. The molecule has 306 valence electrons. The van der Waals surface area contributed by atoms with Gasteiger partial charge in [0, 0.05) is 19.3 Å². The Morgan fingerprint density at radius 1 is 0.556 bits per heavy atom. The van der Waals surface area contributed by atoms with Gasteiger partial charge in [0.1, 0.15) is 6.61 Å². The standard InChI is InChI=1S/C46H75NO7/c1-6-8-10-12-14-16-18-20-21-22-23-25-26-28-30-32-34-36-44(48)53-41-42(40-52-39-38-43(46(50)51)47(3,4)5)54-45(49)37-35-33-31-29-27-24-19-17-15-13-11-9-7-2/h8-11,14-17,20-21,24,27,31,33,42-43H,6-7,12-13,18-19,22-23,25-26,28-30,32,34-41H2,1-5H3/p+1/b10-8-,11-9-,16-14-,17-15-,21-20-,27-24-,33-31-. The van der Waals surface area contributed by atoms with E-state index < -0.39 is 24.1 Å². The molecular weight excluding hydrogens is 679 g/mol. The van der Waals surface area contributed by atoms with Crippen molar-refractivity contribution in [2.45, 2.75) is 148 Å². The molecule has 8 heteroatoms. The minimum atomic E-state index is -0.892. The predicted molar refractivity (Wildman–Crippen MR) is 224 cm³/mol. The number of carbonyl (C=O) groups is 3. The summed E-state index contributed by atoms with van der Waals surface area (Å²) >= 11 is 0. The third-order valence-electron chi connectivity index (χ3n) is 8.55. The highest BCUT2D eigenvalue weighted by molar-refractivity contribution is 5.72. The Kier molecular flexibility index (Phi) is 34.1. The smallest absolute Gasteiger partial charge is 0.362 e. The Hall–Kier alpha value is -3.49. The Bertz CT molecular complexity index is 1160. The van der Waals surface area contributed by atoms with Crippen LogP contribution in [0.1, 0.15) is 136 Å². The molecule has 0 radical (unpaired) electrons. The number of esters is 2. The van der Waals surface area contributed by atoms with Crippen LogP contribution in [0.3, 0.4) is 0 Å². The third kappa shape index (κ3) is 34.3. The maximum Gasteiger partial charge on any atom is 0.362 e. The molecular formula is C46H76NO7+. The van der Waals surface area contributed by atoms with E-state index in [4.69, 9.17) is 14.2 Å². The summed E-state index contributed by atoms with van der Waals surface area (Å²) in [5.74, 6) is -1.60. The van der Waals surface area contributed by atoms with Crippen molar-refractivity contribution in [3.63, 3.8) is 0 Å². The average molecular weight is 755 g/mol. The molecule has 0 aliphatic rings. The molecule has 0 spiro atoms. The van der Waals surface area contributed by atoms with E-state index in [0.717, 1.165) is 70.6 Å². The molecule has 0 bridgehead atoms. The molecule has 0 saturated carbocycles. The molecule has 8 nitrogen and oxygen atoms in total. The van der Waals surface area contributed by atoms with Crippen LogP contribution in [0.5, 0.6) is 0 Å². The van der Waals surface area contributed by atoms with Crippen molar-refractivity contribution in [1.29, 1.82) is 0 Å². The van der Waals surface area contributed by atoms with E-state index in [1.807, 2.05) is 33.3 Å². The van der Waals surface area contributed by atoms with Crippen molar-refractivity contribution >= 4 is 17.9 Å². The van der Waals surface area contributed by atoms with Gasteiger partial charge in [0.05, 0.1) is 34.4 Å². The first-order valence-electron chi connectivity index (χ1n) is 20.6. The number of quaternary nitrogens is 1. The van der Waals surface area contributed by atoms with E-state index in [1.165, 1.54) is 25.7 Å². The monoisotopic (exact) mass is 755 g/mol. The highest BCUT2D eigenvalue weighted by atomic mass is 16.6. The van der Waals surface area contributed by atoms with Crippen molar-refractivity contribution in [2.24, 2.45) is 0 Å². The van der Waals surface area contributed by atoms with E-state index in [-0.39, 0.29) is 36.7 Å². The second-order valence-electron chi connectivity index (χ2n) is 14.5. The van der Waals surface area contributed by atoms with Crippen LogP contribution in [0.4, 0.5) is 0 Å². The number of unbranched alkanes of at least 4 members (excludes halogenated alkanes) is 7. The molecule has 0 fully saturated rings. The summed E-state index contributed by atoms with van der Waals surface area (Å²) in [5.41, 5.74) is 0. The summed E-state index contributed by atoms with van der Waals surface area (Å²) in [7, 11) is 5.48. The fraction of sp³-hybridized carbons (Fsp3) is 0.630. The topological polar surface area (TPSA) is 99.1 Å². The molecule has 0 rings (SSSR count). The molecule has 0 saturated heterocycles. The maximum atomic E-state index is 12.6. The Morgan fingerprint density at radius 2 is 1.02 bits per heavy atom. The highest BCUT2D eigenvalue weighted by Gasteiger charge is 2.31. The summed E-state index contributed by atoms with van der Waals surface area (Å²) in [6, 6.07) is -0.632. The summed E-state index contributed by atoms with van der Waals surface area (Å²) in [5, 5.41) is 9.60. The Balaban J connectivity index is 4.48. The number of rotatable bonds is 35. The zero-order valence-electron chi connectivity index (χ0n) is 34.6. The molecule has 2 atom stereocenters. The number of carboxylic acid groups (broad SMARTS) is 1. The highest BCUT2D eigenvalue weighted by Crippen LogP contribution is 2.12. The number of nitrogens with zero attached hydrogens (tertiary/aromatic N) is 1. The lowest BCUT2D eigenvalue weighted by Gasteiger charge is -2.31. The summed E-state index contributed by atoms with van der Waals surface area (Å²) < 4.78 is 17.1. The van der Waals surface area contributed by atoms with Crippen LogP contribution in [0.15, 0.2) is 85.1 Å². The van der Waals surface area contributed by atoms with Crippen LogP contribution in [0.2, 0.25) is 0 Å². The van der Waals surface area contributed by atoms with E-state index in [0.29, 0.717) is 19.3 Å². The summed E-state index contributed by atoms with van der Waals surface area (Å²) in [6.07, 6.45) is 46.4.